The average Bonchev–Trinajstić information content (AvgIpc) is 2.34. The number of hydrogen-bond acceptors (Lipinski definition) is 2. The van der Waals surface area contributed by atoms with Crippen LogP contribution in [0.3, 0.4) is 0 Å². The summed E-state index contributed by atoms with van der Waals surface area (Å²) in [6.45, 7) is 0. The molecule has 0 radical (unpaired) electrons. The van der Waals surface area contributed by atoms with Gasteiger partial charge in [-0.2, -0.15) is 0 Å². The lowest BCUT2D eigenvalue weighted by Crippen LogP contribution is -1.91. The third kappa shape index (κ3) is 4.62. The quantitative estimate of drug-likeness (QED) is 0.605. The average molecular weight is 216 g/mol. The van der Waals surface area contributed by atoms with Crippen LogP contribution in [-0.4, -0.2) is 12.2 Å². The molecule has 1 rings (SSSR count). The third-order valence-electron chi connectivity index (χ3n) is 1.98. The van der Waals surface area contributed by atoms with Gasteiger partial charge in [0, 0.05) is 0 Å². The molecule has 1 unspecified atom stereocenters. The van der Waals surface area contributed by atoms with E-state index in [1.54, 1.807) is 31.6 Å². The van der Waals surface area contributed by atoms with Gasteiger partial charge in [0.25, 0.3) is 0 Å². The van der Waals surface area contributed by atoms with Crippen molar-refractivity contribution in [2.24, 2.45) is 0 Å². The fourth-order valence-corrected chi connectivity index (χ4v) is 1.18. The molecule has 1 N–H and O–H groups in total. The Labute approximate surface area is 96.2 Å². The van der Waals surface area contributed by atoms with Crippen molar-refractivity contribution in [2.45, 2.75) is 6.10 Å². The van der Waals surface area contributed by atoms with Crippen molar-refractivity contribution in [3.63, 3.8) is 0 Å². The zero-order valence-corrected chi connectivity index (χ0v) is 9.28. The molecule has 1 aromatic carbocycles. The summed E-state index contributed by atoms with van der Waals surface area (Å²) in [6.07, 6.45) is 10.00. The van der Waals surface area contributed by atoms with Crippen LogP contribution in [0.25, 0.3) is 0 Å². The number of aliphatic hydroxyl groups is 1. The van der Waals surface area contributed by atoms with Crippen molar-refractivity contribution >= 4 is 0 Å². The van der Waals surface area contributed by atoms with Crippen LogP contribution in [0.2, 0.25) is 0 Å². The zero-order valence-electron chi connectivity index (χ0n) is 9.28. The van der Waals surface area contributed by atoms with E-state index in [1.165, 1.54) is 0 Å². The van der Waals surface area contributed by atoms with E-state index in [0.717, 1.165) is 5.56 Å². The van der Waals surface area contributed by atoms with Gasteiger partial charge in [-0.25, -0.2) is 0 Å². The number of methoxy groups -OCH3 is 1. The van der Waals surface area contributed by atoms with Gasteiger partial charge in [0.2, 0.25) is 0 Å². The highest BCUT2D eigenvalue weighted by molar-refractivity contribution is 5.22. The van der Waals surface area contributed by atoms with Crippen molar-refractivity contribution in [1.82, 2.24) is 0 Å². The van der Waals surface area contributed by atoms with Crippen LogP contribution in [0.1, 0.15) is 11.7 Å². The first-order valence-electron chi connectivity index (χ1n) is 5.10. The van der Waals surface area contributed by atoms with E-state index in [2.05, 4.69) is 0 Å². The second-order valence-corrected chi connectivity index (χ2v) is 3.19. The first-order valence-corrected chi connectivity index (χ1v) is 5.10. The highest BCUT2D eigenvalue weighted by Gasteiger charge is 1.99. The summed E-state index contributed by atoms with van der Waals surface area (Å²) in [5.41, 5.74) is 0.889. The van der Waals surface area contributed by atoms with Crippen LogP contribution < -0.4 is 0 Å². The maximum Gasteiger partial charge on any atom is 0.0974 e. The van der Waals surface area contributed by atoms with E-state index in [9.17, 15) is 5.11 Å². The standard InChI is InChI=1S/C14H16O2/c1-16-12-8-3-2-7-11-14(15)13-9-5-4-6-10-13/h2-12,14-15H,1H3/b3-2+,11-7+,12-8+. The number of hydrogen-bond donors (Lipinski definition) is 1. The number of ether oxygens (including phenoxy) is 1. The molecule has 0 fully saturated rings. The Kier molecular flexibility index (Phi) is 5.74. The maximum absolute atomic E-state index is 9.76. The first-order chi connectivity index (χ1) is 7.84. The number of aliphatic hydroxyl groups excluding tert-OH is 1. The number of allylic oxidation sites excluding steroid dienone is 4. The van der Waals surface area contributed by atoms with E-state index < -0.39 is 6.10 Å². The van der Waals surface area contributed by atoms with Crippen LogP contribution in [0, 0.1) is 0 Å². The van der Waals surface area contributed by atoms with Crippen LogP contribution in [0.5, 0.6) is 0 Å². The van der Waals surface area contributed by atoms with Gasteiger partial charge >= 0.3 is 0 Å². The lowest BCUT2D eigenvalue weighted by molar-refractivity contribution is 0.228. The third-order valence-corrected chi connectivity index (χ3v) is 1.98. The molecule has 0 heterocycles. The van der Waals surface area contributed by atoms with Crippen molar-refractivity contribution in [3.05, 3.63) is 72.5 Å². The van der Waals surface area contributed by atoms with Crippen LogP contribution >= 0.6 is 0 Å². The summed E-state index contributed by atoms with van der Waals surface area (Å²) in [6, 6.07) is 9.52. The first kappa shape index (κ1) is 12.3. The molecule has 0 bridgehead atoms. The van der Waals surface area contributed by atoms with Crippen molar-refractivity contribution < 1.29 is 9.84 Å². The summed E-state index contributed by atoms with van der Waals surface area (Å²) in [7, 11) is 1.60. The minimum absolute atomic E-state index is 0.558. The van der Waals surface area contributed by atoms with Gasteiger partial charge in [0.05, 0.1) is 19.5 Å². The van der Waals surface area contributed by atoms with Gasteiger partial charge in [-0.05, 0) is 11.6 Å². The molecule has 0 spiro atoms. The number of rotatable bonds is 5. The maximum atomic E-state index is 9.76. The van der Waals surface area contributed by atoms with Gasteiger partial charge in [-0.1, -0.05) is 54.6 Å². The molecule has 0 saturated carbocycles. The van der Waals surface area contributed by atoms with Crippen molar-refractivity contribution in [1.29, 1.82) is 0 Å². The minimum atomic E-state index is -0.558. The molecule has 1 aromatic rings. The summed E-state index contributed by atoms with van der Waals surface area (Å²) < 4.78 is 4.73. The zero-order chi connectivity index (χ0) is 11.6. The van der Waals surface area contributed by atoms with Crippen molar-refractivity contribution in [3.8, 4) is 0 Å². The highest BCUT2D eigenvalue weighted by Crippen LogP contribution is 2.12. The Hall–Kier alpha value is -1.80. The molecule has 84 valence electrons. The fraction of sp³-hybridized carbons (Fsp3) is 0.143. The second kappa shape index (κ2) is 7.49. The van der Waals surface area contributed by atoms with E-state index >= 15 is 0 Å². The van der Waals surface area contributed by atoms with Gasteiger partial charge in [0.1, 0.15) is 0 Å². The van der Waals surface area contributed by atoms with E-state index in [-0.39, 0.29) is 0 Å². The van der Waals surface area contributed by atoms with E-state index in [1.807, 2.05) is 42.5 Å². The lowest BCUT2D eigenvalue weighted by atomic mass is 10.1. The molecule has 2 nitrogen and oxygen atoms in total. The van der Waals surface area contributed by atoms with Gasteiger partial charge < -0.3 is 9.84 Å². The smallest absolute Gasteiger partial charge is 0.0974 e. The molecule has 16 heavy (non-hydrogen) atoms. The molecular formula is C14H16O2. The fourth-order valence-electron chi connectivity index (χ4n) is 1.18. The SMILES string of the molecule is CO/C=C/C=C/C=C/C(O)c1ccccc1. The Balaban J connectivity index is 2.45. The van der Waals surface area contributed by atoms with Gasteiger partial charge in [-0.3, -0.25) is 0 Å². The Morgan fingerprint density at radius 3 is 2.44 bits per heavy atom. The minimum Gasteiger partial charge on any atom is -0.504 e. The summed E-state index contributed by atoms with van der Waals surface area (Å²) in [4.78, 5) is 0. The molecule has 0 aromatic heterocycles. The monoisotopic (exact) mass is 216 g/mol. The highest BCUT2D eigenvalue weighted by atomic mass is 16.5. The molecule has 0 amide bonds. The molecule has 2 heteroatoms. The molecule has 0 aliphatic heterocycles. The molecule has 0 saturated heterocycles. The topological polar surface area (TPSA) is 29.5 Å². The molecule has 0 aliphatic rings. The number of benzene rings is 1. The summed E-state index contributed by atoms with van der Waals surface area (Å²) in [5, 5.41) is 9.76. The largest absolute Gasteiger partial charge is 0.504 e. The molecule has 0 aliphatic carbocycles. The lowest BCUT2D eigenvalue weighted by Gasteiger charge is -2.03. The summed E-state index contributed by atoms with van der Waals surface area (Å²) in [5.74, 6) is 0. The van der Waals surface area contributed by atoms with Crippen LogP contribution in [0.15, 0.2) is 67.0 Å². The van der Waals surface area contributed by atoms with Crippen molar-refractivity contribution in [2.75, 3.05) is 7.11 Å². The van der Waals surface area contributed by atoms with Crippen LogP contribution in [-0.2, 0) is 4.74 Å². The Morgan fingerprint density at radius 2 is 1.75 bits per heavy atom. The second-order valence-electron chi connectivity index (χ2n) is 3.19. The predicted molar refractivity (Wildman–Crippen MR) is 65.8 cm³/mol. The normalized spacial score (nSPS) is 13.9. The van der Waals surface area contributed by atoms with Gasteiger partial charge in [-0.15, -0.1) is 0 Å². The Bertz CT molecular complexity index is 364. The van der Waals surface area contributed by atoms with Crippen LogP contribution in [0.4, 0.5) is 0 Å². The molecule has 1 atom stereocenters. The van der Waals surface area contributed by atoms with E-state index in [0.29, 0.717) is 0 Å². The predicted octanol–water partition coefficient (Wildman–Crippen LogP) is 2.99. The molecular weight excluding hydrogens is 200 g/mol. The van der Waals surface area contributed by atoms with E-state index in [4.69, 9.17) is 4.74 Å². The van der Waals surface area contributed by atoms with Gasteiger partial charge in [0.15, 0.2) is 0 Å². The Morgan fingerprint density at radius 1 is 1.06 bits per heavy atom. The summed E-state index contributed by atoms with van der Waals surface area (Å²) >= 11 is 0.